The first-order valence-electron chi connectivity index (χ1n) is 10.3. The van der Waals surface area contributed by atoms with Crippen LogP contribution in [-0.2, 0) is 6.42 Å². The van der Waals surface area contributed by atoms with Crippen molar-refractivity contribution < 1.29 is 9.26 Å². The minimum Gasteiger partial charge on any atom is -0.492 e. The molecule has 8 nitrogen and oxygen atoms in total. The van der Waals surface area contributed by atoms with Crippen LogP contribution in [0.5, 0.6) is 5.75 Å². The standard InChI is InChI=1S/C21H32N6O2.HI/c1-17(2)20-24-19(29-25-20)9-10-23-21(22-3)27-13-11-26(12-14-27)15-16-28-18-7-5-4-6-8-18;/h4-8,17H,9-16H2,1-3H3,(H,22,23);1H. The van der Waals surface area contributed by atoms with Crippen LogP contribution in [0.25, 0.3) is 0 Å². The van der Waals surface area contributed by atoms with E-state index in [0.29, 0.717) is 18.9 Å². The number of para-hydroxylation sites is 1. The molecule has 166 valence electrons. The number of hydrogen-bond donors (Lipinski definition) is 1. The van der Waals surface area contributed by atoms with Gasteiger partial charge in [0.25, 0.3) is 0 Å². The molecule has 2 aromatic rings. The highest BCUT2D eigenvalue weighted by molar-refractivity contribution is 14.0. The van der Waals surface area contributed by atoms with E-state index in [-0.39, 0.29) is 29.9 Å². The zero-order chi connectivity index (χ0) is 20.5. The smallest absolute Gasteiger partial charge is 0.228 e. The lowest BCUT2D eigenvalue weighted by Crippen LogP contribution is -2.53. The van der Waals surface area contributed by atoms with Gasteiger partial charge in [-0.2, -0.15) is 4.98 Å². The fourth-order valence-electron chi connectivity index (χ4n) is 3.21. The van der Waals surface area contributed by atoms with Crippen LogP contribution in [0, 0.1) is 0 Å². The molecule has 0 bridgehead atoms. The van der Waals surface area contributed by atoms with Crippen LogP contribution >= 0.6 is 24.0 Å². The molecule has 1 N–H and O–H groups in total. The average molecular weight is 528 g/mol. The van der Waals surface area contributed by atoms with Crippen molar-refractivity contribution in [2.75, 3.05) is 52.9 Å². The molecule has 1 aliphatic heterocycles. The number of aromatic nitrogens is 2. The summed E-state index contributed by atoms with van der Waals surface area (Å²) in [6, 6.07) is 9.97. The van der Waals surface area contributed by atoms with Gasteiger partial charge in [0.15, 0.2) is 11.8 Å². The normalized spacial score (nSPS) is 15.2. The minimum absolute atomic E-state index is 0. The molecule has 0 amide bonds. The number of rotatable bonds is 8. The number of piperazine rings is 1. The number of nitrogens with one attached hydrogen (secondary N) is 1. The van der Waals surface area contributed by atoms with Gasteiger partial charge in [-0.1, -0.05) is 37.2 Å². The summed E-state index contributed by atoms with van der Waals surface area (Å²) in [4.78, 5) is 13.6. The monoisotopic (exact) mass is 528 g/mol. The first kappa shape index (κ1) is 24.4. The van der Waals surface area contributed by atoms with E-state index < -0.39 is 0 Å². The third kappa shape index (κ3) is 7.42. The van der Waals surface area contributed by atoms with Crippen LogP contribution < -0.4 is 10.1 Å². The van der Waals surface area contributed by atoms with Crippen molar-refractivity contribution in [3.05, 3.63) is 42.0 Å². The molecule has 1 aromatic carbocycles. The van der Waals surface area contributed by atoms with Crippen molar-refractivity contribution in [2.45, 2.75) is 26.2 Å². The van der Waals surface area contributed by atoms with Crippen molar-refractivity contribution in [3.8, 4) is 5.75 Å². The highest BCUT2D eigenvalue weighted by Crippen LogP contribution is 2.10. The molecule has 2 heterocycles. The van der Waals surface area contributed by atoms with E-state index in [0.717, 1.165) is 56.8 Å². The summed E-state index contributed by atoms with van der Waals surface area (Å²) in [5, 5.41) is 7.42. The molecule has 0 saturated carbocycles. The molecule has 0 radical (unpaired) electrons. The molecule has 9 heteroatoms. The molecule has 3 rings (SSSR count). The first-order chi connectivity index (χ1) is 14.2. The van der Waals surface area contributed by atoms with Crippen molar-refractivity contribution in [1.29, 1.82) is 0 Å². The van der Waals surface area contributed by atoms with Gasteiger partial charge in [0.2, 0.25) is 5.89 Å². The molecule has 30 heavy (non-hydrogen) atoms. The van der Waals surface area contributed by atoms with Crippen LogP contribution in [0.2, 0.25) is 0 Å². The third-order valence-corrected chi connectivity index (χ3v) is 4.93. The Morgan fingerprint density at radius 3 is 2.57 bits per heavy atom. The van der Waals surface area contributed by atoms with Crippen LogP contribution in [0.15, 0.2) is 39.8 Å². The van der Waals surface area contributed by atoms with Gasteiger partial charge in [0, 0.05) is 58.7 Å². The maximum absolute atomic E-state index is 5.80. The molecule has 0 atom stereocenters. The molecule has 1 saturated heterocycles. The van der Waals surface area contributed by atoms with Gasteiger partial charge < -0.3 is 19.5 Å². The third-order valence-electron chi connectivity index (χ3n) is 4.93. The molecule has 0 unspecified atom stereocenters. The zero-order valence-corrected chi connectivity index (χ0v) is 20.4. The van der Waals surface area contributed by atoms with E-state index >= 15 is 0 Å². The number of aliphatic imine (C=N–C) groups is 1. The summed E-state index contributed by atoms with van der Waals surface area (Å²) in [5.41, 5.74) is 0. The second-order valence-corrected chi connectivity index (χ2v) is 7.42. The van der Waals surface area contributed by atoms with E-state index in [1.807, 2.05) is 37.4 Å². The Morgan fingerprint density at radius 2 is 1.93 bits per heavy atom. The average Bonchev–Trinajstić information content (AvgIpc) is 3.22. The molecular weight excluding hydrogens is 495 g/mol. The summed E-state index contributed by atoms with van der Waals surface area (Å²) in [7, 11) is 1.83. The highest BCUT2D eigenvalue weighted by atomic mass is 127. The van der Waals surface area contributed by atoms with Gasteiger partial charge in [0.1, 0.15) is 12.4 Å². The second-order valence-electron chi connectivity index (χ2n) is 7.42. The topological polar surface area (TPSA) is 79.0 Å². The SMILES string of the molecule is CN=C(NCCc1nc(C(C)C)no1)N1CCN(CCOc2ccccc2)CC1.I. The number of hydrogen-bond acceptors (Lipinski definition) is 6. The highest BCUT2D eigenvalue weighted by Gasteiger charge is 2.19. The van der Waals surface area contributed by atoms with Gasteiger partial charge in [-0.15, -0.1) is 24.0 Å². The Bertz CT molecular complexity index is 760. The maximum atomic E-state index is 5.80. The lowest BCUT2D eigenvalue weighted by molar-refractivity contribution is 0.152. The van der Waals surface area contributed by atoms with E-state index in [1.54, 1.807) is 0 Å². The quantitative estimate of drug-likeness (QED) is 0.321. The van der Waals surface area contributed by atoms with E-state index in [1.165, 1.54) is 0 Å². The van der Waals surface area contributed by atoms with Gasteiger partial charge in [-0.3, -0.25) is 9.89 Å². The summed E-state index contributed by atoms with van der Waals surface area (Å²) < 4.78 is 11.1. The molecule has 1 aromatic heterocycles. The van der Waals surface area contributed by atoms with Crippen LogP contribution in [0.1, 0.15) is 31.5 Å². The van der Waals surface area contributed by atoms with Crippen molar-refractivity contribution in [3.63, 3.8) is 0 Å². The van der Waals surface area contributed by atoms with Crippen molar-refractivity contribution in [2.24, 2.45) is 4.99 Å². The molecule has 1 fully saturated rings. The number of guanidine groups is 1. The Kier molecular flexibility index (Phi) is 10.4. The van der Waals surface area contributed by atoms with Crippen molar-refractivity contribution in [1.82, 2.24) is 25.3 Å². The Balaban J connectivity index is 0.00000320. The Morgan fingerprint density at radius 1 is 1.20 bits per heavy atom. The molecule has 0 aliphatic carbocycles. The van der Waals surface area contributed by atoms with Crippen LogP contribution in [0.4, 0.5) is 0 Å². The Labute approximate surface area is 196 Å². The molecular formula is C21H33IN6O2. The number of ether oxygens (including phenoxy) is 1. The first-order valence-corrected chi connectivity index (χ1v) is 10.3. The summed E-state index contributed by atoms with van der Waals surface area (Å²) in [6.07, 6.45) is 0.690. The van der Waals surface area contributed by atoms with Gasteiger partial charge >= 0.3 is 0 Å². The minimum atomic E-state index is 0. The van der Waals surface area contributed by atoms with Gasteiger partial charge in [-0.25, -0.2) is 0 Å². The van der Waals surface area contributed by atoms with Gasteiger partial charge in [-0.05, 0) is 12.1 Å². The summed E-state index contributed by atoms with van der Waals surface area (Å²) in [6.45, 7) is 10.4. The fraction of sp³-hybridized carbons (Fsp3) is 0.571. The predicted octanol–water partition coefficient (Wildman–Crippen LogP) is 2.63. The van der Waals surface area contributed by atoms with Crippen LogP contribution in [-0.4, -0.2) is 78.8 Å². The summed E-state index contributed by atoms with van der Waals surface area (Å²) in [5.74, 6) is 3.56. The fourth-order valence-corrected chi connectivity index (χ4v) is 3.21. The van der Waals surface area contributed by atoms with E-state index in [4.69, 9.17) is 9.26 Å². The maximum Gasteiger partial charge on any atom is 0.228 e. The zero-order valence-electron chi connectivity index (χ0n) is 18.1. The second kappa shape index (κ2) is 12.7. The van der Waals surface area contributed by atoms with Crippen LogP contribution in [0.3, 0.4) is 0 Å². The number of nitrogens with zero attached hydrogens (tertiary/aromatic N) is 5. The predicted molar refractivity (Wildman–Crippen MR) is 129 cm³/mol. The van der Waals surface area contributed by atoms with Crippen molar-refractivity contribution >= 4 is 29.9 Å². The van der Waals surface area contributed by atoms with E-state index in [9.17, 15) is 0 Å². The number of benzene rings is 1. The Hall–Kier alpha value is -1.88. The van der Waals surface area contributed by atoms with E-state index in [2.05, 4.69) is 44.1 Å². The lowest BCUT2D eigenvalue weighted by Gasteiger charge is -2.36. The number of halogens is 1. The molecule has 0 spiro atoms. The largest absolute Gasteiger partial charge is 0.492 e. The lowest BCUT2D eigenvalue weighted by atomic mass is 10.2. The van der Waals surface area contributed by atoms with Gasteiger partial charge in [0.05, 0.1) is 0 Å². The summed E-state index contributed by atoms with van der Waals surface area (Å²) >= 11 is 0. The molecule has 1 aliphatic rings.